The van der Waals surface area contributed by atoms with E-state index in [-0.39, 0.29) is 5.92 Å². The number of anilines is 1. The van der Waals surface area contributed by atoms with Crippen LogP contribution < -0.4 is 4.90 Å². The zero-order valence-electron chi connectivity index (χ0n) is 10.3. The molecule has 94 valence electrons. The standard InChI is InChI=1S/C15H17NO2/c1-2-3-6-9-16-11-13(15(17)18)10-12-7-4-5-8-14(12)16/h1,4-5,7-8,13H,3,6,9-11H2,(H,17,18). The molecule has 1 heterocycles. The van der Waals surface area contributed by atoms with Gasteiger partial charge in [-0.1, -0.05) is 18.2 Å². The summed E-state index contributed by atoms with van der Waals surface area (Å²) < 4.78 is 0. The summed E-state index contributed by atoms with van der Waals surface area (Å²) in [6.07, 6.45) is 7.51. The Balaban J connectivity index is 2.17. The van der Waals surface area contributed by atoms with Gasteiger partial charge in [0.05, 0.1) is 5.92 Å². The highest BCUT2D eigenvalue weighted by Crippen LogP contribution is 2.29. The molecule has 3 heteroatoms. The molecule has 1 N–H and O–H groups in total. The van der Waals surface area contributed by atoms with Crippen molar-refractivity contribution in [2.24, 2.45) is 5.92 Å². The van der Waals surface area contributed by atoms with Crippen LogP contribution >= 0.6 is 0 Å². The number of para-hydroxylation sites is 1. The molecule has 0 amide bonds. The van der Waals surface area contributed by atoms with Crippen LogP contribution in [0.25, 0.3) is 0 Å². The summed E-state index contributed by atoms with van der Waals surface area (Å²) in [5.74, 6) is 1.59. The van der Waals surface area contributed by atoms with Crippen LogP contribution in [0.2, 0.25) is 0 Å². The Bertz CT molecular complexity index is 476. The molecular formula is C15H17NO2. The van der Waals surface area contributed by atoms with E-state index in [1.54, 1.807) is 0 Å². The number of hydrogen-bond acceptors (Lipinski definition) is 2. The van der Waals surface area contributed by atoms with Gasteiger partial charge in [-0.15, -0.1) is 12.3 Å². The first-order chi connectivity index (χ1) is 8.72. The van der Waals surface area contributed by atoms with E-state index in [9.17, 15) is 9.90 Å². The Morgan fingerprint density at radius 2 is 2.28 bits per heavy atom. The fourth-order valence-corrected chi connectivity index (χ4v) is 2.44. The van der Waals surface area contributed by atoms with Gasteiger partial charge in [0.15, 0.2) is 0 Å². The van der Waals surface area contributed by atoms with E-state index in [1.165, 1.54) is 0 Å². The number of carboxylic acid groups (broad SMARTS) is 1. The van der Waals surface area contributed by atoms with Crippen LogP contribution in [0.1, 0.15) is 18.4 Å². The van der Waals surface area contributed by atoms with Crippen LogP contribution in [-0.2, 0) is 11.2 Å². The van der Waals surface area contributed by atoms with Crippen LogP contribution in [0.3, 0.4) is 0 Å². The third-order valence-electron chi connectivity index (χ3n) is 3.34. The van der Waals surface area contributed by atoms with E-state index >= 15 is 0 Å². The lowest BCUT2D eigenvalue weighted by atomic mass is 9.92. The molecule has 1 unspecified atom stereocenters. The van der Waals surface area contributed by atoms with E-state index in [1.807, 2.05) is 18.2 Å². The lowest BCUT2D eigenvalue weighted by Gasteiger charge is -2.34. The highest BCUT2D eigenvalue weighted by molar-refractivity contribution is 5.73. The number of carbonyl (C=O) groups is 1. The van der Waals surface area contributed by atoms with Gasteiger partial charge < -0.3 is 10.0 Å². The van der Waals surface area contributed by atoms with Gasteiger partial charge in [0.25, 0.3) is 0 Å². The third kappa shape index (κ3) is 2.65. The summed E-state index contributed by atoms with van der Waals surface area (Å²) in [6.45, 7) is 1.40. The predicted octanol–water partition coefficient (Wildman–Crippen LogP) is 2.16. The maximum absolute atomic E-state index is 11.2. The van der Waals surface area contributed by atoms with Crippen molar-refractivity contribution in [3.8, 4) is 12.3 Å². The second kappa shape index (κ2) is 5.59. The quantitative estimate of drug-likeness (QED) is 0.651. The van der Waals surface area contributed by atoms with E-state index in [2.05, 4.69) is 16.9 Å². The number of rotatable bonds is 4. The molecule has 0 spiro atoms. The topological polar surface area (TPSA) is 40.5 Å². The van der Waals surface area contributed by atoms with Gasteiger partial charge in [-0.05, 0) is 24.5 Å². The molecule has 1 aromatic rings. The normalized spacial score (nSPS) is 17.9. The molecular weight excluding hydrogens is 226 g/mol. The second-order valence-electron chi connectivity index (χ2n) is 4.62. The van der Waals surface area contributed by atoms with Gasteiger partial charge in [0, 0.05) is 25.2 Å². The number of benzene rings is 1. The van der Waals surface area contributed by atoms with Crippen molar-refractivity contribution < 1.29 is 9.90 Å². The Hall–Kier alpha value is -1.95. The average molecular weight is 243 g/mol. The van der Waals surface area contributed by atoms with Crippen molar-refractivity contribution in [2.45, 2.75) is 19.3 Å². The molecule has 0 bridgehead atoms. The minimum Gasteiger partial charge on any atom is -0.481 e. The number of fused-ring (bicyclic) bond motifs is 1. The van der Waals surface area contributed by atoms with Gasteiger partial charge in [-0.2, -0.15) is 0 Å². The first-order valence-corrected chi connectivity index (χ1v) is 6.21. The Morgan fingerprint density at radius 3 is 3.00 bits per heavy atom. The summed E-state index contributed by atoms with van der Waals surface area (Å²) in [7, 11) is 0. The zero-order valence-corrected chi connectivity index (χ0v) is 10.3. The van der Waals surface area contributed by atoms with Crippen molar-refractivity contribution in [1.82, 2.24) is 0 Å². The van der Waals surface area contributed by atoms with Crippen LogP contribution in [0, 0.1) is 18.3 Å². The maximum atomic E-state index is 11.2. The Morgan fingerprint density at radius 1 is 1.50 bits per heavy atom. The first-order valence-electron chi connectivity index (χ1n) is 6.21. The molecule has 0 radical (unpaired) electrons. The second-order valence-corrected chi connectivity index (χ2v) is 4.62. The van der Waals surface area contributed by atoms with E-state index < -0.39 is 5.97 Å². The summed E-state index contributed by atoms with van der Waals surface area (Å²) >= 11 is 0. The average Bonchev–Trinajstić information content (AvgIpc) is 2.38. The number of terminal acetylenes is 1. The lowest BCUT2D eigenvalue weighted by Crippen LogP contribution is -2.39. The molecule has 1 aliphatic rings. The number of hydrogen-bond donors (Lipinski definition) is 1. The molecule has 0 fully saturated rings. The number of aliphatic carboxylic acids is 1. The van der Waals surface area contributed by atoms with Crippen LogP contribution in [0.4, 0.5) is 5.69 Å². The summed E-state index contributed by atoms with van der Waals surface area (Å²) in [5, 5.41) is 9.19. The van der Waals surface area contributed by atoms with E-state index in [0.29, 0.717) is 13.0 Å². The van der Waals surface area contributed by atoms with Crippen molar-refractivity contribution in [3.63, 3.8) is 0 Å². The van der Waals surface area contributed by atoms with Gasteiger partial charge in [-0.25, -0.2) is 0 Å². The van der Waals surface area contributed by atoms with E-state index in [4.69, 9.17) is 6.42 Å². The molecule has 1 atom stereocenters. The molecule has 0 saturated heterocycles. The number of unbranched alkanes of at least 4 members (excludes halogenated alkanes) is 1. The maximum Gasteiger partial charge on any atom is 0.308 e. The lowest BCUT2D eigenvalue weighted by molar-refractivity contribution is -0.141. The van der Waals surface area contributed by atoms with Gasteiger partial charge in [0.2, 0.25) is 0 Å². The zero-order chi connectivity index (χ0) is 13.0. The Labute approximate surface area is 107 Å². The molecule has 0 aromatic heterocycles. The number of nitrogens with zero attached hydrogens (tertiary/aromatic N) is 1. The molecule has 1 aliphatic heterocycles. The van der Waals surface area contributed by atoms with Crippen molar-refractivity contribution >= 4 is 11.7 Å². The van der Waals surface area contributed by atoms with Crippen LogP contribution in [0.5, 0.6) is 0 Å². The Kier molecular flexibility index (Phi) is 3.88. The minimum atomic E-state index is -0.716. The smallest absolute Gasteiger partial charge is 0.308 e. The summed E-state index contributed by atoms with van der Waals surface area (Å²) in [6, 6.07) is 8.03. The molecule has 18 heavy (non-hydrogen) atoms. The van der Waals surface area contributed by atoms with Gasteiger partial charge in [-0.3, -0.25) is 4.79 Å². The molecule has 0 aliphatic carbocycles. The van der Waals surface area contributed by atoms with Crippen molar-refractivity contribution in [3.05, 3.63) is 29.8 Å². The van der Waals surface area contributed by atoms with Gasteiger partial charge >= 0.3 is 5.97 Å². The fraction of sp³-hybridized carbons (Fsp3) is 0.400. The van der Waals surface area contributed by atoms with Gasteiger partial charge in [0.1, 0.15) is 0 Å². The third-order valence-corrected chi connectivity index (χ3v) is 3.34. The molecule has 2 rings (SSSR count). The highest BCUT2D eigenvalue weighted by Gasteiger charge is 2.28. The van der Waals surface area contributed by atoms with Crippen LogP contribution in [-0.4, -0.2) is 24.2 Å². The SMILES string of the molecule is C#CCCCN1CC(C(=O)O)Cc2ccccc21. The first kappa shape index (κ1) is 12.5. The van der Waals surface area contributed by atoms with Crippen molar-refractivity contribution in [1.29, 1.82) is 0 Å². The monoisotopic (exact) mass is 243 g/mol. The highest BCUT2D eigenvalue weighted by atomic mass is 16.4. The minimum absolute atomic E-state index is 0.314. The summed E-state index contributed by atoms with van der Waals surface area (Å²) in [4.78, 5) is 13.3. The molecule has 0 saturated carbocycles. The number of carboxylic acids is 1. The molecule has 3 nitrogen and oxygen atoms in total. The predicted molar refractivity (Wildman–Crippen MR) is 71.6 cm³/mol. The largest absolute Gasteiger partial charge is 0.481 e. The van der Waals surface area contributed by atoms with Crippen molar-refractivity contribution in [2.75, 3.05) is 18.0 Å². The fourth-order valence-electron chi connectivity index (χ4n) is 2.44. The van der Waals surface area contributed by atoms with Crippen LogP contribution in [0.15, 0.2) is 24.3 Å². The molecule has 1 aromatic carbocycles. The summed E-state index contributed by atoms with van der Waals surface area (Å²) in [5.41, 5.74) is 2.28. The van der Waals surface area contributed by atoms with E-state index in [0.717, 1.165) is 30.6 Å².